The molecule has 1 aliphatic heterocycles. The molecule has 1 aromatic carbocycles. The lowest BCUT2D eigenvalue weighted by molar-refractivity contribution is -0.127. The molecule has 4 nitrogen and oxygen atoms in total. The van der Waals surface area contributed by atoms with Gasteiger partial charge in [-0.15, -0.1) is 0 Å². The van der Waals surface area contributed by atoms with Gasteiger partial charge in [-0.05, 0) is 24.5 Å². The zero-order valence-corrected chi connectivity index (χ0v) is 11.8. The third kappa shape index (κ3) is 2.09. The average molecular weight is 272 g/mol. The van der Waals surface area contributed by atoms with Gasteiger partial charge in [0, 0.05) is 25.1 Å². The lowest BCUT2D eigenvalue weighted by Gasteiger charge is -2.27. The summed E-state index contributed by atoms with van der Waals surface area (Å²) in [5.74, 6) is 0.141. The van der Waals surface area contributed by atoms with Crippen LogP contribution in [0.25, 0.3) is 0 Å². The van der Waals surface area contributed by atoms with Crippen LogP contribution in [0.15, 0.2) is 24.3 Å². The molecule has 1 aliphatic carbocycles. The molecule has 3 rings (SSSR count). The Morgan fingerprint density at radius 3 is 2.60 bits per heavy atom. The molecule has 0 saturated heterocycles. The molecule has 1 atom stereocenters. The molecule has 0 radical (unpaired) electrons. The average Bonchev–Trinajstić information content (AvgIpc) is 3.12. The lowest BCUT2D eigenvalue weighted by Crippen LogP contribution is -2.48. The highest BCUT2D eigenvalue weighted by Gasteiger charge is 2.40. The van der Waals surface area contributed by atoms with E-state index in [2.05, 4.69) is 5.32 Å². The van der Waals surface area contributed by atoms with E-state index in [0.717, 1.165) is 36.9 Å². The van der Waals surface area contributed by atoms with Crippen LogP contribution in [0.4, 0.5) is 5.69 Å². The van der Waals surface area contributed by atoms with Crippen LogP contribution in [0.3, 0.4) is 0 Å². The summed E-state index contributed by atoms with van der Waals surface area (Å²) >= 11 is 0. The highest BCUT2D eigenvalue weighted by Crippen LogP contribution is 2.36. The number of rotatable bonds is 2. The van der Waals surface area contributed by atoms with Gasteiger partial charge >= 0.3 is 0 Å². The molecular weight excluding hydrogens is 252 g/mol. The number of benzene rings is 1. The number of hydrogen-bond donors (Lipinski definition) is 1. The second kappa shape index (κ2) is 5.27. The zero-order chi connectivity index (χ0) is 14.1. The third-order valence-electron chi connectivity index (χ3n) is 4.47. The van der Waals surface area contributed by atoms with Crippen molar-refractivity contribution in [3.8, 4) is 0 Å². The summed E-state index contributed by atoms with van der Waals surface area (Å²) in [6, 6.07) is 7.47. The topological polar surface area (TPSA) is 49.4 Å². The number of fused-ring (bicyclic) bond motifs is 1. The Labute approximate surface area is 119 Å². The summed E-state index contributed by atoms with van der Waals surface area (Å²) in [5, 5.41) is 2.68. The predicted molar refractivity (Wildman–Crippen MR) is 77.4 cm³/mol. The fourth-order valence-electron chi connectivity index (χ4n) is 3.40. The van der Waals surface area contributed by atoms with Crippen molar-refractivity contribution in [3.63, 3.8) is 0 Å². The van der Waals surface area contributed by atoms with Crippen LogP contribution in [0, 0.1) is 5.92 Å². The van der Waals surface area contributed by atoms with Crippen LogP contribution < -0.4 is 10.2 Å². The molecule has 0 aromatic heterocycles. The summed E-state index contributed by atoms with van der Waals surface area (Å²) in [6.07, 6.45) is 4.78. The van der Waals surface area contributed by atoms with Crippen LogP contribution in [0.1, 0.15) is 31.2 Å². The number of anilines is 1. The Balaban J connectivity index is 1.94. The maximum Gasteiger partial charge on any atom is 0.243 e. The number of nitrogens with one attached hydrogen (secondary N) is 1. The van der Waals surface area contributed by atoms with Crippen molar-refractivity contribution >= 4 is 17.5 Å². The Kier molecular flexibility index (Phi) is 3.47. The van der Waals surface area contributed by atoms with Crippen LogP contribution in [-0.2, 0) is 16.0 Å². The Morgan fingerprint density at radius 1 is 1.20 bits per heavy atom. The molecule has 0 bridgehead atoms. The highest BCUT2D eigenvalue weighted by molar-refractivity contribution is 6.04. The normalized spacial score (nSPS) is 21.9. The first-order valence-corrected chi connectivity index (χ1v) is 7.35. The van der Waals surface area contributed by atoms with Crippen LogP contribution in [0.5, 0.6) is 0 Å². The van der Waals surface area contributed by atoms with Gasteiger partial charge < -0.3 is 5.32 Å². The molecule has 0 unspecified atom stereocenters. The van der Waals surface area contributed by atoms with Gasteiger partial charge in [-0.25, -0.2) is 0 Å². The second-order valence-corrected chi connectivity index (χ2v) is 5.65. The number of para-hydroxylation sites is 1. The van der Waals surface area contributed by atoms with E-state index in [0.29, 0.717) is 6.42 Å². The quantitative estimate of drug-likeness (QED) is 0.893. The van der Waals surface area contributed by atoms with Gasteiger partial charge in [-0.1, -0.05) is 31.0 Å². The second-order valence-electron chi connectivity index (χ2n) is 5.65. The van der Waals surface area contributed by atoms with Gasteiger partial charge in [0.25, 0.3) is 0 Å². The minimum atomic E-state index is -0.384. The number of hydrogen-bond acceptors (Lipinski definition) is 2. The molecule has 1 heterocycles. The molecular formula is C16H20N2O2. The fraction of sp³-hybridized carbons (Fsp3) is 0.500. The Bertz CT molecular complexity index is 535. The van der Waals surface area contributed by atoms with Crippen molar-refractivity contribution in [2.45, 2.75) is 38.1 Å². The largest absolute Gasteiger partial charge is 0.357 e. The minimum Gasteiger partial charge on any atom is -0.357 e. The molecule has 1 aromatic rings. The van der Waals surface area contributed by atoms with Crippen molar-refractivity contribution in [1.82, 2.24) is 5.32 Å². The molecule has 4 heteroatoms. The number of likely N-dealkylation sites (N-methyl/N-ethyl adjacent to an activating group) is 1. The molecule has 2 amide bonds. The van der Waals surface area contributed by atoms with E-state index in [1.54, 1.807) is 11.9 Å². The maximum absolute atomic E-state index is 12.8. The molecule has 2 aliphatic rings. The molecule has 1 saturated carbocycles. The van der Waals surface area contributed by atoms with Gasteiger partial charge in [-0.3, -0.25) is 14.5 Å². The van der Waals surface area contributed by atoms with E-state index in [1.165, 1.54) is 0 Å². The Hall–Kier alpha value is -1.84. The van der Waals surface area contributed by atoms with Gasteiger partial charge in [0.15, 0.2) is 0 Å². The molecule has 20 heavy (non-hydrogen) atoms. The summed E-state index contributed by atoms with van der Waals surface area (Å²) in [4.78, 5) is 26.6. The molecule has 0 spiro atoms. The summed E-state index contributed by atoms with van der Waals surface area (Å²) in [6.45, 7) is 0. The zero-order valence-electron chi connectivity index (χ0n) is 11.8. The van der Waals surface area contributed by atoms with E-state index in [9.17, 15) is 9.59 Å². The number of carbonyl (C=O) groups excluding carboxylic acids is 2. The first-order chi connectivity index (χ1) is 9.72. The lowest BCUT2D eigenvalue weighted by atomic mass is 10.1. The summed E-state index contributed by atoms with van der Waals surface area (Å²) < 4.78 is 0. The van der Waals surface area contributed by atoms with Gasteiger partial charge in [0.05, 0.1) is 0 Å². The van der Waals surface area contributed by atoms with Crippen molar-refractivity contribution < 1.29 is 9.59 Å². The van der Waals surface area contributed by atoms with E-state index in [-0.39, 0.29) is 23.8 Å². The number of nitrogens with zero attached hydrogens (tertiary/aromatic N) is 1. The smallest absolute Gasteiger partial charge is 0.243 e. The highest BCUT2D eigenvalue weighted by atomic mass is 16.2. The van der Waals surface area contributed by atoms with Crippen LogP contribution in [-0.4, -0.2) is 24.9 Å². The van der Waals surface area contributed by atoms with Crippen LogP contribution in [0.2, 0.25) is 0 Å². The fourth-order valence-corrected chi connectivity index (χ4v) is 3.40. The first-order valence-electron chi connectivity index (χ1n) is 7.35. The van der Waals surface area contributed by atoms with Gasteiger partial charge in [-0.2, -0.15) is 0 Å². The molecule has 1 fully saturated rings. The van der Waals surface area contributed by atoms with Gasteiger partial charge in [0.2, 0.25) is 11.8 Å². The third-order valence-corrected chi connectivity index (χ3v) is 4.47. The van der Waals surface area contributed by atoms with E-state index in [1.807, 2.05) is 24.3 Å². The van der Waals surface area contributed by atoms with Gasteiger partial charge in [0.1, 0.15) is 6.04 Å². The molecule has 106 valence electrons. The SMILES string of the molecule is CNC(=O)[C@@H]1Cc2ccccc2N1C(=O)C1CCCC1. The standard InChI is InChI=1S/C16H20N2O2/c1-17-15(19)14-10-12-8-4-5-9-13(12)18(14)16(20)11-6-2-3-7-11/h4-5,8-9,11,14H,2-3,6-7,10H2,1H3,(H,17,19)/t14-/m0/s1. The van der Waals surface area contributed by atoms with Crippen molar-refractivity contribution in [2.24, 2.45) is 5.92 Å². The van der Waals surface area contributed by atoms with E-state index < -0.39 is 0 Å². The van der Waals surface area contributed by atoms with E-state index in [4.69, 9.17) is 0 Å². The number of carbonyl (C=O) groups is 2. The monoisotopic (exact) mass is 272 g/mol. The van der Waals surface area contributed by atoms with Crippen molar-refractivity contribution in [2.75, 3.05) is 11.9 Å². The Morgan fingerprint density at radius 2 is 1.90 bits per heavy atom. The van der Waals surface area contributed by atoms with Crippen molar-refractivity contribution in [3.05, 3.63) is 29.8 Å². The maximum atomic E-state index is 12.8. The first kappa shape index (κ1) is 13.2. The number of amides is 2. The van der Waals surface area contributed by atoms with E-state index >= 15 is 0 Å². The minimum absolute atomic E-state index is 0.0763. The summed E-state index contributed by atoms with van der Waals surface area (Å²) in [7, 11) is 1.63. The predicted octanol–water partition coefficient (Wildman–Crippen LogP) is 1.88. The van der Waals surface area contributed by atoms with Crippen molar-refractivity contribution in [1.29, 1.82) is 0 Å². The molecule has 1 N–H and O–H groups in total. The van der Waals surface area contributed by atoms with Crippen LogP contribution >= 0.6 is 0 Å². The summed E-state index contributed by atoms with van der Waals surface area (Å²) in [5.41, 5.74) is 2.01.